The first-order valence-corrected chi connectivity index (χ1v) is 7.11. The molecule has 0 atom stereocenters. The first kappa shape index (κ1) is 12.6. The molecule has 4 heteroatoms. The Balaban J connectivity index is 1.81. The Hall–Kier alpha value is -3.14. The molecule has 2 aromatic carbocycles. The van der Waals surface area contributed by atoms with Crippen molar-refractivity contribution in [2.75, 3.05) is 0 Å². The van der Waals surface area contributed by atoms with Crippen LogP contribution in [-0.2, 0) is 0 Å². The summed E-state index contributed by atoms with van der Waals surface area (Å²) in [5.41, 5.74) is 5.18. The monoisotopic (exact) mass is 286 g/mol. The SMILES string of the molecule is c1ccc(-c2[nH]cnc2-c2cccc(-n3cccn3)c2)cc1. The van der Waals surface area contributed by atoms with Crippen LogP contribution in [0.5, 0.6) is 0 Å². The smallest absolute Gasteiger partial charge is 0.0961 e. The van der Waals surface area contributed by atoms with E-state index in [9.17, 15) is 0 Å². The van der Waals surface area contributed by atoms with Crippen LogP contribution >= 0.6 is 0 Å². The summed E-state index contributed by atoms with van der Waals surface area (Å²) in [6.07, 6.45) is 5.44. The van der Waals surface area contributed by atoms with Crippen molar-refractivity contribution in [2.24, 2.45) is 0 Å². The Morgan fingerprint density at radius 1 is 0.864 bits per heavy atom. The molecular weight excluding hydrogens is 272 g/mol. The lowest BCUT2D eigenvalue weighted by atomic mass is 10.0. The standard InChI is InChI=1S/C18H14N4/c1-2-6-14(7-3-1)17-18(20-13-19-17)15-8-4-9-16(12-15)22-11-5-10-21-22/h1-13H,(H,19,20). The zero-order valence-electron chi connectivity index (χ0n) is 11.8. The molecule has 2 heterocycles. The zero-order valence-corrected chi connectivity index (χ0v) is 11.8. The molecule has 0 bridgehead atoms. The number of aromatic amines is 1. The third-order valence-corrected chi connectivity index (χ3v) is 3.59. The van der Waals surface area contributed by atoms with E-state index in [-0.39, 0.29) is 0 Å². The fourth-order valence-corrected chi connectivity index (χ4v) is 2.56. The fraction of sp³-hybridized carbons (Fsp3) is 0. The lowest BCUT2D eigenvalue weighted by Gasteiger charge is -2.06. The molecule has 0 saturated carbocycles. The predicted octanol–water partition coefficient (Wildman–Crippen LogP) is 3.93. The topological polar surface area (TPSA) is 46.5 Å². The molecule has 106 valence electrons. The summed E-state index contributed by atoms with van der Waals surface area (Å²) in [4.78, 5) is 7.74. The van der Waals surface area contributed by atoms with Gasteiger partial charge >= 0.3 is 0 Å². The van der Waals surface area contributed by atoms with Gasteiger partial charge in [0.2, 0.25) is 0 Å². The van der Waals surface area contributed by atoms with Crippen LogP contribution < -0.4 is 0 Å². The highest BCUT2D eigenvalue weighted by Gasteiger charge is 2.11. The quantitative estimate of drug-likeness (QED) is 0.620. The van der Waals surface area contributed by atoms with Crippen molar-refractivity contribution in [1.82, 2.24) is 19.7 Å². The van der Waals surface area contributed by atoms with Crippen LogP contribution in [-0.4, -0.2) is 19.7 Å². The molecule has 0 spiro atoms. The lowest BCUT2D eigenvalue weighted by Crippen LogP contribution is -1.94. The van der Waals surface area contributed by atoms with Crippen molar-refractivity contribution < 1.29 is 0 Å². The molecule has 0 aliphatic rings. The molecule has 0 aliphatic heterocycles. The molecule has 2 aromatic heterocycles. The van der Waals surface area contributed by atoms with E-state index in [2.05, 4.69) is 39.3 Å². The number of imidazole rings is 1. The average Bonchev–Trinajstić information content (AvgIpc) is 3.27. The Bertz CT molecular complexity index is 876. The zero-order chi connectivity index (χ0) is 14.8. The number of aromatic nitrogens is 4. The molecule has 22 heavy (non-hydrogen) atoms. The number of H-pyrrole nitrogens is 1. The third-order valence-electron chi connectivity index (χ3n) is 3.59. The van der Waals surface area contributed by atoms with Crippen LogP contribution in [0.15, 0.2) is 79.4 Å². The number of hydrogen-bond acceptors (Lipinski definition) is 2. The van der Waals surface area contributed by atoms with Gasteiger partial charge in [0.25, 0.3) is 0 Å². The van der Waals surface area contributed by atoms with Crippen molar-refractivity contribution in [3.8, 4) is 28.2 Å². The summed E-state index contributed by atoms with van der Waals surface area (Å²) in [6.45, 7) is 0. The maximum absolute atomic E-state index is 4.50. The Labute approximate surface area is 128 Å². The van der Waals surface area contributed by atoms with Crippen molar-refractivity contribution in [2.45, 2.75) is 0 Å². The van der Waals surface area contributed by atoms with Gasteiger partial charge in [0.05, 0.1) is 23.4 Å². The number of rotatable bonds is 3. The van der Waals surface area contributed by atoms with Gasteiger partial charge in [-0.15, -0.1) is 0 Å². The molecule has 1 N–H and O–H groups in total. The summed E-state index contributed by atoms with van der Waals surface area (Å²) < 4.78 is 1.85. The molecule has 0 amide bonds. The van der Waals surface area contributed by atoms with Crippen LogP contribution in [0.25, 0.3) is 28.2 Å². The summed E-state index contributed by atoms with van der Waals surface area (Å²) >= 11 is 0. The Kier molecular flexibility index (Phi) is 3.05. The van der Waals surface area contributed by atoms with Gasteiger partial charge in [0, 0.05) is 23.5 Å². The Morgan fingerprint density at radius 3 is 2.55 bits per heavy atom. The highest BCUT2D eigenvalue weighted by molar-refractivity contribution is 5.78. The van der Waals surface area contributed by atoms with Gasteiger partial charge in [-0.1, -0.05) is 42.5 Å². The lowest BCUT2D eigenvalue weighted by molar-refractivity contribution is 0.881. The molecule has 4 rings (SSSR count). The van der Waals surface area contributed by atoms with Crippen LogP contribution in [0.1, 0.15) is 0 Å². The van der Waals surface area contributed by atoms with Crippen LogP contribution in [0, 0.1) is 0 Å². The average molecular weight is 286 g/mol. The largest absolute Gasteiger partial charge is 0.344 e. The van der Waals surface area contributed by atoms with Crippen molar-refractivity contribution in [3.05, 3.63) is 79.4 Å². The highest BCUT2D eigenvalue weighted by atomic mass is 15.3. The van der Waals surface area contributed by atoms with Crippen LogP contribution in [0.2, 0.25) is 0 Å². The van der Waals surface area contributed by atoms with Crippen LogP contribution in [0.4, 0.5) is 0 Å². The second kappa shape index (κ2) is 5.33. The van der Waals surface area contributed by atoms with Gasteiger partial charge in [-0.3, -0.25) is 0 Å². The van der Waals surface area contributed by atoms with Gasteiger partial charge in [0.15, 0.2) is 0 Å². The number of nitrogens with zero attached hydrogens (tertiary/aromatic N) is 3. The van der Waals surface area contributed by atoms with Gasteiger partial charge in [-0.2, -0.15) is 5.10 Å². The molecular formula is C18H14N4. The minimum atomic E-state index is 0.945. The van der Waals surface area contributed by atoms with Gasteiger partial charge < -0.3 is 4.98 Å². The van der Waals surface area contributed by atoms with E-state index in [0.29, 0.717) is 0 Å². The van der Waals surface area contributed by atoms with E-state index in [1.54, 1.807) is 12.5 Å². The number of nitrogens with one attached hydrogen (secondary N) is 1. The third kappa shape index (κ3) is 2.20. The second-order valence-corrected chi connectivity index (χ2v) is 4.99. The predicted molar refractivity (Wildman–Crippen MR) is 86.6 cm³/mol. The summed E-state index contributed by atoms with van der Waals surface area (Å²) in [5, 5.41) is 4.28. The summed E-state index contributed by atoms with van der Waals surface area (Å²) in [6, 6.07) is 20.4. The first-order valence-electron chi connectivity index (χ1n) is 7.11. The highest BCUT2D eigenvalue weighted by Crippen LogP contribution is 2.29. The minimum Gasteiger partial charge on any atom is -0.344 e. The molecule has 4 aromatic rings. The number of hydrogen-bond donors (Lipinski definition) is 1. The van der Waals surface area contributed by atoms with Gasteiger partial charge in [-0.05, 0) is 18.2 Å². The van der Waals surface area contributed by atoms with E-state index < -0.39 is 0 Å². The van der Waals surface area contributed by atoms with E-state index in [0.717, 1.165) is 28.2 Å². The van der Waals surface area contributed by atoms with Gasteiger partial charge in [0.1, 0.15) is 0 Å². The normalized spacial score (nSPS) is 10.7. The number of benzene rings is 2. The van der Waals surface area contributed by atoms with Crippen LogP contribution in [0.3, 0.4) is 0 Å². The minimum absolute atomic E-state index is 0.945. The first-order chi connectivity index (χ1) is 10.9. The van der Waals surface area contributed by atoms with Crippen molar-refractivity contribution in [1.29, 1.82) is 0 Å². The van der Waals surface area contributed by atoms with E-state index in [1.807, 2.05) is 47.3 Å². The molecule has 4 nitrogen and oxygen atoms in total. The maximum Gasteiger partial charge on any atom is 0.0961 e. The van der Waals surface area contributed by atoms with E-state index >= 15 is 0 Å². The Morgan fingerprint density at radius 2 is 1.73 bits per heavy atom. The van der Waals surface area contributed by atoms with Gasteiger partial charge in [-0.25, -0.2) is 9.67 Å². The molecule has 0 fully saturated rings. The summed E-state index contributed by atoms with van der Waals surface area (Å²) in [5.74, 6) is 0. The fourth-order valence-electron chi connectivity index (χ4n) is 2.56. The second-order valence-electron chi connectivity index (χ2n) is 4.99. The summed E-state index contributed by atoms with van der Waals surface area (Å²) in [7, 11) is 0. The van der Waals surface area contributed by atoms with Crippen molar-refractivity contribution >= 4 is 0 Å². The van der Waals surface area contributed by atoms with E-state index in [1.165, 1.54) is 0 Å². The molecule has 0 radical (unpaired) electrons. The van der Waals surface area contributed by atoms with Crippen molar-refractivity contribution in [3.63, 3.8) is 0 Å². The molecule has 0 saturated heterocycles. The molecule has 0 aliphatic carbocycles. The maximum atomic E-state index is 4.50. The van der Waals surface area contributed by atoms with E-state index in [4.69, 9.17) is 0 Å². The molecule has 0 unspecified atom stereocenters.